The molecule has 0 saturated heterocycles. The second kappa shape index (κ2) is 13.9. The largest absolute Gasteiger partial charge is 0.467 e. The van der Waals surface area contributed by atoms with E-state index in [0.717, 1.165) is 18.5 Å². The van der Waals surface area contributed by atoms with Crippen molar-refractivity contribution in [3.8, 4) is 28.5 Å². The Morgan fingerprint density at radius 2 is 1.70 bits per heavy atom. The molecule has 4 heterocycles. The fraction of sp³-hybridized carbons (Fsp3) is 0.379. The summed E-state index contributed by atoms with van der Waals surface area (Å²) in [7, 11) is -2.76. The molecule has 0 bridgehead atoms. The number of aromatic nitrogens is 7. The smallest absolute Gasteiger partial charge is 0.419 e. The molecule has 248 valence electrons. The molecule has 47 heavy (non-hydrogen) atoms. The first kappa shape index (κ1) is 33.5. The number of nitrogens with zero attached hydrogens (tertiary/aromatic N) is 8. The van der Waals surface area contributed by atoms with Crippen LogP contribution in [0.15, 0.2) is 54.3 Å². The van der Waals surface area contributed by atoms with Gasteiger partial charge in [0.15, 0.2) is 5.82 Å². The molecule has 0 aliphatic heterocycles. The van der Waals surface area contributed by atoms with Crippen molar-refractivity contribution < 1.29 is 31.1 Å². The summed E-state index contributed by atoms with van der Waals surface area (Å²) in [6, 6.07) is 0.804. The number of rotatable bonds is 10. The first-order valence-electron chi connectivity index (χ1n) is 14.6. The first-order chi connectivity index (χ1) is 22.4. The Labute approximate surface area is 268 Å². The van der Waals surface area contributed by atoms with Gasteiger partial charge in [0.25, 0.3) is 0 Å². The van der Waals surface area contributed by atoms with Crippen LogP contribution < -0.4 is 20.1 Å². The van der Waals surface area contributed by atoms with Gasteiger partial charge in [0.1, 0.15) is 10.5 Å². The number of carbonyl (C=O) groups is 1. The summed E-state index contributed by atoms with van der Waals surface area (Å²) in [6.07, 6.45) is 7.25. The minimum atomic E-state index is -4.82. The average Bonchev–Trinajstić information content (AvgIpc) is 3.05. The number of alkyl halides is 3. The van der Waals surface area contributed by atoms with Crippen molar-refractivity contribution in [1.82, 2.24) is 34.9 Å². The van der Waals surface area contributed by atoms with Crippen molar-refractivity contribution >= 4 is 27.7 Å². The van der Waals surface area contributed by atoms with Crippen molar-refractivity contribution in [2.75, 3.05) is 17.3 Å². The predicted molar refractivity (Wildman–Crippen MR) is 163 cm³/mol. The number of anilines is 2. The lowest BCUT2D eigenvalue weighted by Gasteiger charge is -2.36. The SMILES string of the molecule is CCCC(=O)N(c1cnc(-c2cnc(OC)nc2)cn1)C1CCC(Nc2ncc(C(F)(F)F)c(-c3cncc(S(N)(=O)=O)c3)n2)CC1. The fourth-order valence-corrected chi connectivity index (χ4v) is 5.74. The van der Waals surface area contributed by atoms with E-state index in [1.54, 1.807) is 23.5 Å². The number of hydrogen-bond donors (Lipinski definition) is 2. The van der Waals surface area contributed by atoms with E-state index < -0.39 is 32.4 Å². The first-order valence-corrected chi connectivity index (χ1v) is 16.1. The molecule has 1 fully saturated rings. The third-order valence-electron chi connectivity index (χ3n) is 7.53. The van der Waals surface area contributed by atoms with Crippen LogP contribution in [0.4, 0.5) is 24.9 Å². The molecule has 1 saturated carbocycles. The number of primary sulfonamides is 1. The number of hydrogen-bond acceptors (Lipinski definition) is 12. The minimum absolute atomic E-state index is 0.0691. The molecule has 0 spiro atoms. The van der Waals surface area contributed by atoms with Gasteiger partial charge in [0, 0.05) is 60.6 Å². The molecule has 18 heteroatoms. The number of nitrogens with two attached hydrogens (primary N) is 1. The molecular weight excluding hydrogens is 641 g/mol. The number of sulfonamides is 1. The Bertz CT molecular complexity index is 1820. The highest BCUT2D eigenvalue weighted by atomic mass is 32.2. The molecule has 0 unspecified atom stereocenters. The van der Waals surface area contributed by atoms with E-state index in [-0.39, 0.29) is 35.5 Å². The van der Waals surface area contributed by atoms with Crippen LogP contribution in [-0.4, -0.2) is 68.4 Å². The average molecular weight is 673 g/mol. The Morgan fingerprint density at radius 3 is 2.30 bits per heavy atom. The molecule has 0 atom stereocenters. The Kier molecular flexibility index (Phi) is 9.90. The summed E-state index contributed by atoms with van der Waals surface area (Å²) < 4.78 is 70.2. The van der Waals surface area contributed by atoms with E-state index in [0.29, 0.717) is 61.8 Å². The van der Waals surface area contributed by atoms with Crippen molar-refractivity contribution in [2.45, 2.75) is 68.6 Å². The number of ether oxygens (including phenoxy) is 1. The quantitative estimate of drug-likeness (QED) is 0.246. The molecular formula is C29H31F3N10O4S. The normalized spacial score (nSPS) is 16.8. The predicted octanol–water partition coefficient (Wildman–Crippen LogP) is 4.02. The maximum Gasteiger partial charge on any atom is 0.419 e. The van der Waals surface area contributed by atoms with Crippen molar-refractivity contribution in [1.29, 1.82) is 0 Å². The van der Waals surface area contributed by atoms with Gasteiger partial charge < -0.3 is 10.1 Å². The third kappa shape index (κ3) is 7.94. The molecule has 4 aromatic heterocycles. The Hall–Kier alpha value is -4.84. The van der Waals surface area contributed by atoms with Gasteiger partial charge in [-0.2, -0.15) is 13.2 Å². The standard InChI is InChI=1S/C29H31F3N10O4S/c1-3-4-25(43)42(24-16-35-23(15-36-24)18-11-38-28(46-2)39-12-18)20-7-5-19(6-8-20)40-27-37-14-22(29(30,31)32)26(41-27)17-9-21(13-34-10-17)47(33,44)45/h9-16,19-20H,3-8H2,1-2H3,(H2,33,44,45)(H,37,40,41). The van der Waals surface area contributed by atoms with Crippen LogP contribution in [-0.2, 0) is 21.0 Å². The molecule has 14 nitrogen and oxygen atoms in total. The van der Waals surface area contributed by atoms with Gasteiger partial charge in [-0.15, -0.1) is 0 Å². The van der Waals surface area contributed by atoms with Crippen LogP contribution >= 0.6 is 0 Å². The van der Waals surface area contributed by atoms with Gasteiger partial charge in [-0.25, -0.2) is 38.5 Å². The van der Waals surface area contributed by atoms with E-state index in [1.807, 2.05) is 6.92 Å². The van der Waals surface area contributed by atoms with Crippen molar-refractivity contribution in [3.05, 3.63) is 55.0 Å². The summed E-state index contributed by atoms with van der Waals surface area (Å²) in [5, 5.41) is 8.25. The molecule has 0 radical (unpaired) electrons. The van der Waals surface area contributed by atoms with Crippen LogP contribution in [0.3, 0.4) is 0 Å². The molecule has 5 rings (SSSR count). The molecule has 1 aliphatic carbocycles. The van der Waals surface area contributed by atoms with Gasteiger partial charge >= 0.3 is 12.2 Å². The zero-order chi connectivity index (χ0) is 33.8. The number of carbonyl (C=O) groups excluding carboxylic acids is 1. The van der Waals surface area contributed by atoms with E-state index in [9.17, 15) is 26.4 Å². The number of pyridine rings is 1. The highest BCUT2D eigenvalue weighted by Crippen LogP contribution is 2.37. The molecule has 1 amide bonds. The minimum Gasteiger partial charge on any atom is -0.467 e. The van der Waals surface area contributed by atoms with E-state index in [1.165, 1.54) is 13.3 Å². The number of amides is 1. The van der Waals surface area contributed by atoms with Gasteiger partial charge in [-0.1, -0.05) is 6.92 Å². The molecule has 1 aliphatic rings. The van der Waals surface area contributed by atoms with Crippen LogP contribution in [0.25, 0.3) is 22.5 Å². The number of nitrogens with one attached hydrogen (secondary N) is 1. The van der Waals surface area contributed by atoms with Crippen LogP contribution in [0.5, 0.6) is 6.01 Å². The van der Waals surface area contributed by atoms with Crippen molar-refractivity contribution in [2.24, 2.45) is 5.14 Å². The third-order valence-corrected chi connectivity index (χ3v) is 8.41. The summed E-state index contributed by atoms with van der Waals surface area (Å²) in [5.74, 6) is 0.245. The summed E-state index contributed by atoms with van der Waals surface area (Å²) in [5.41, 5.74) is -0.729. The fourth-order valence-electron chi connectivity index (χ4n) is 5.25. The second-order valence-corrected chi connectivity index (χ2v) is 12.4. The zero-order valence-corrected chi connectivity index (χ0v) is 26.2. The van der Waals surface area contributed by atoms with E-state index in [2.05, 4.69) is 40.2 Å². The van der Waals surface area contributed by atoms with Gasteiger partial charge in [0.2, 0.25) is 21.9 Å². The molecule has 3 N–H and O–H groups in total. The second-order valence-electron chi connectivity index (χ2n) is 10.8. The lowest BCUT2D eigenvalue weighted by atomic mass is 9.90. The van der Waals surface area contributed by atoms with Crippen molar-refractivity contribution in [3.63, 3.8) is 0 Å². The van der Waals surface area contributed by atoms with Gasteiger partial charge in [0.05, 0.1) is 30.9 Å². The monoisotopic (exact) mass is 672 g/mol. The topological polar surface area (TPSA) is 192 Å². The van der Waals surface area contributed by atoms with Gasteiger partial charge in [-0.05, 0) is 38.2 Å². The molecule has 0 aromatic carbocycles. The summed E-state index contributed by atoms with van der Waals surface area (Å²) in [4.78, 5) is 43.4. The van der Waals surface area contributed by atoms with E-state index >= 15 is 0 Å². The number of methoxy groups -OCH3 is 1. The highest BCUT2D eigenvalue weighted by Gasteiger charge is 2.36. The van der Waals surface area contributed by atoms with Crippen LogP contribution in [0, 0.1) is 0 Å². The van der Waals surface area contributed by atoms with Crippen LogP contribution in [0.1, 0.15) is 51.0 Å². The Balaban J connectivity index is 1.32. The van der Waals surface area contributed by atoms with Gasteiger partial charge in [-0.3, -0.25) is 19.7 Å². The Morgan fingerprint density at radius 1 is 0.979 bits per heavy atom. The van der Waals surface area contributed by atoms with Crippen LogP contribution in [0.2, 0.25) is 0 Å². The lowest BCUT2D eigenvalue weighted by molar-refractivity contribution is -0.137. The maximum absolute atomic E-state index is 13.9. The highest BCUT2D eigenvalue weighted by molar-refractivity contribution is 7.89. The van der Waals surface area contributed by atoms with E-state index in [4.69, 9.17) is 9.88 Å². The lowest BCUT2D eigenvalue weighted by Crippen LogP contribution is -2.44. The summed E-state index contributed by atoms with van der Waals surface area (Å²) in [6.45, 7) is 1.91. The molecule has 4 aromatic rings. The number of halogens is 3. The zero-order valence-electron chi connectivity index (χ0n) is 25.3. The summed E-state index contributed by atoms with van der Waals surface area (Å²) >= 11 is 0. The maximum atomic E-state index is 13.9.